The molecular weight excluding hydrogens is 248 g/mol. The van der Waals surface area contributed by atoms with E-state index in [1.165, 1.54) is 12.0 Å². The quantitative estimate of drug-likeness (QED) is 0.629. The van der Waals surface area contributed by atoms with Crippen LogP contribution in [0.2, 0.25) is 0 Å². The van der Waals surface area contributed by atoms with Gasteiger partial charge in [0.25, 0.3) is 0 Å². The highest BCUT2D eigenvalue weighted by Gasteiger charge is 2.29. The average molecular weight is 274 g/mol. The molecule has 0 spiro atoms. The summed E-state index contributed by atoms with van der Waals surface area (Å²) in [5.41, 5.74) is 1.21. The van der Waals surface area contributed by atoms with Crippen LogP contribution in [0, 0.1) is 11.8 Å². The SMILES string of the molecule is C=CCC1C(O)CCCCC1COCc1ccccc1. The Morgan fingerprint density at radius 3 is 2.70 bits per heavy atom. The maximum atomic E-state index is 10.3. The van der Waals surface area contributed by atoms with Gasteiger partial charge in [-0.15, -0.1) is 6.58 Å². The lowest BCUT2D eigenvalue weighted by Crippen LogP contribution is -2.28. The number of allylic oxidation sites excluding steroid dienone is 1. The molecule has 1 aromatic carbocycles. The first-order valence-electron chi connectivity index (χ1n) is 7.72. The Labute approximate surface area is 122 Å². The zero-order valence-electron chi connectivity index (χ0n) is 12.2. The maximum absolute atomic E-state index is 10.3. The molecule has 0 heterocycles. The molecule has 1 N–H and O–H groups in total. The van der Waals surface area contributed by atoms with Crippen LogP contribution >= 0.6 is 0 Å². The number of ether oxygens (including phenoxy) is 1. The number of rotatable bonds is 6. The highest BCUT2D eigenvalue weighted by molar-refractivity contribution is 5.13. The van der Waals surface area contributed by atoms with E-state index < -0.39 is 0 Å². The van der Waals surface area contributed by atoms with Crippen LogP contribution < -0.4 is 0 Å². The van der Waals surface area contributed by atoms with Crippen LogP contribution in [-0.2, 0) is 11.3 Å². The second-order valence-corrected chi connectivity index (χ2v) is 5.80. The molecule has 1 fully saturated rings. The van der Waals surface area contributed by atoms with E-state index in [1.807, 2.05) is 24.3 Å². The first kappa shape index (κ1) is 15.3. The zero-order chi connectivity index (χ0) is 14.2. The molecule has 110 valence electrons. The smallest absolute Gasteiger partial charge is 0.0717 e. The van der Waals surface area contributed by atoms with Crippen molar-refractivity contribution in [1.29, 1.82) is 0 Å². The summed E-state index contributed by atoms with van der Waals surface area (Å²) in [5, 5.41) is 10.3. The third kappa shape index (κ3) is 4.46. The van der Waals surface area contributed by atoms with Gasteiger partial charge in [-0.1, -0.05) is 49.2 Å². The van der Waals surface area contributed by atoms with Gasteiger partial charge in [0.1, 0.15) is 0 Å². The van der Waals surface area contributed by atoms with E-state index in [0.29, 0.717) is 18.4 Å². The fourth-order valence-corrected chi connectivity index (χ4v) is 3.15. The lowest BCUT2D eigenvalue weighted by molar-refractivity contribution is 0.0188. The van der Waals surface area contributed by atoms with Crippen LogP contribution in [0.5, 0.6) is 0 Å². The van der Waals surface area contributed by atoms with Gasteiger partial charge in [-0.2, -0.15) is 0 Å². The molecule has 20 heavy (non-hydrogen) atoms. The molecule has 2 nitrogen and oxygen atoms in total. The van der Waals surface area contributed by atoms with E-state index in [4.69, 9.17) is 4.74 Å². The molecule has 0 amide bonds. The Bertz CT molecular complexity index is 388. The van der Waals surface area contributed by atoms with Gasteiger partial charge < -0.3 is 9.84 Å². The summed E-state index contributed by atoms with van der Waals surface area (Å²) in [6.45, 7) is 5.23. The van der Waals surface area contributed by atoms with Crippen molar-refractivity contribution in [2.24, 2.45) is 11.8 Å². The third-order valence-electron chi connectivity index (χ3n) is 4.31. The zero-order valence-corrected chi connectivity index (χ0v) is 12.2. The summed E-state index contributed by atoms with van der Waals surface area (Å²) in [6.07, 6.45) is 7.04. The molecule has 0 radical (unpaired) electrons. The van der Waals surface area contributed by atoms with Gasteiger partial charge in [0, 0.05) is 0 Å². The highest BCUT2D eigenvalue weighted by atomic mass is 16.5. The Balaban J connectivity index is 1.86. The van der Waals surface area contributed by atoms with Gasteiger partial charge >= 0.3 is 0 Å². The maximum Gasteiger partial charge on any atom is 0.0717 e. The molecular formula is C18H26O2. The Kier molecular flexibility index (Phi) is 6.28. The largest absolute Gasteiger partial charge is 0.393 e. The number of benzene rings is 1. The van der Waals surface area contributed by atoms with Gasteiger partial charge in [-0.3, -0.25) is 0 Å². The number of hydrogen-bond donors (Lipinski definition) is 1. The van der Waals surface area contributed by atoms with E-state index in [2.05, 4.69) is 18.7 Å². The summed E-state index contributed by atoms with van der Waals surface area (Å²) >= 11 is 0. The predicted octanol–water partition coefficient (Wildman–Crippen LogP) is 3.95. The lowest BCUT2D eigenvalue weighted by Gasteiger charge is -2.27. The van der Waals surface area contributed by atoms with E-state index in [1.54, 1.807) is 0 Å². The Hall–Kier alpha value is -1.12. The van der Waals surface area contributed by atoms with E-state index in [-0.39, 0.29) is 6.10 Å². The lowest BCUT2D eigenvalue weighted by atomic mass is 9.84. The van der Waals surface area contributed by atoms with Gasteiger partial charge in [-0.25, -0.2) is 0 Å². The van der Waals surface area contributed by atoms with Crippen molar-refractivity contribution >= 4 is 0 Å². The second kappa shape index (κ2) is 8.23. The van der Waals surface area contributed by atoms with Crippen LogP contribution in [0.3, 0.4) is 0 Å². The average Bonchev–Trinajstić information content (AvgIpc) is 2.64. The van der Waals surface area contributed by atoms with Crippen LogP contribution in [0.1, 0.15) is 37.7 Å². The van der Waals surface area contributed by atoms with Crippen molar-refractivity contribution in [3.63, 3.8) is 0 Å². The molecule has 1 aliphatic rings. The number of aliphatic hydroxyl groups is 1. The minimum atomic E-state index is -0.194. The Morgan fingerprint density at radius 2 is 1.95 bits per heavy atom. The minimum absolute atomic E-state index is 0.194. The standard InChI is InChI=1S/C18H26O2/c1-2-8-17-16(11-6-7-12-18(17)19)14-20-13-15-9-4-3-5-10-15/h2-5,9-10,16-19H,1,6-8,11-14H2. The van der Waals surface area contributed by atoms with E-state index >= 15 is 0 Å². The van der Waals surface area contributed by atoms with Crippen molar-refractivity contribution in [1.82, 2.24) is 0 Å². The first-order valence-corrected chi connectivity index (χ1v) is 7.72. The van der Waals surface area contributed by atoms with E-state index in [0.717, 1.165) is 32.3 Å². The van der Waals surface area contributed by atoms with Crippen molar-refractivity contribution in [3.05, 3.63) is 48.6 Å². The van der Waals surface area contributed by atoms with Crippen LogP contribution in [0.4, 0.5) is 0 Å². The first-order chi connectivity index (χ1) is 9.81. The normalized spacial score (nSPS) is 26.9. The summed E-state index contributed by atoms with van der Waals surface area (Å²) in [7, 11) is 0. The molecule has 3 unspecified atom stereocenters. The highest BCUT2D eigenvalue weighted by Crippen LogP contribution is 2.32. The minimum Gasteiger partial charge on any atom is -0.393 e. The van der Waals surface area contributed by atoms with Crippen molar-refractivity contribution < 1.29 is 9.84 Å². The summed E-state index contributed by atoms with van der Waals surface area (Å²) < 4.78 is 5.89. The molecule has 2 heteroatoms. The molecule has 0 bridgehead atoms. The van der Waals surface area contributed by atoms with Gasteiger partial charge in [0.15, 0.2) is 0 Å². The summed E-state index contributed by atoms with van der Waals surface area (Å²) in [6, 6.07) is 10.3. The van der Waals surface area contributed by atoms with E-state index in [9.17, 15) is 5.11 Å². The third-order valence-corrected chi connectivity index (χ3v) is 4.31. The number of hydrogen-bond acceptors (Lipinski definition) is 2. The second-order valence-electron chi connectivity index (χ2n) is 5.80. The topological polar surface area (TPSA) is 29.5 Å². The molecule has 1 aromatic rings. The van der Waals surface area contributed by atoms with Gasteiger partial charge in [0.2, 0.25) is 0 Å². The molecule has 3 atom stereocenters. The molecule has 1 aliphatic carbocycles. The summed E-state index contributed by atoms with van der Waals surface area (Å²) in [4.78, 5) is 0. The van der Waals surface area contributed by atoms with Crippen molar-refractivity contribution in [2.75, 3.05) is 6.61 Å². The molecule has 1 saturated carbocycles. The monoisotopic (exact) mass is 274 g/mol. The van der Waals surface area contributed by atoms with Crippen LogP contribution in [-0.4, -0.2) is 17.8 Å². The molecule has 0 aromatic heterocycles. The molecule has 2 rings (SSSR count). The van der Waals surface area contributed by atoms with Gasteiger partial charge in [0.05, 0.1) is 19.3 Å². The number of aliphatic hydroxyl groups excluding tert-OH is 1. The van der Waals surface area contributed by atoms with Crippen molar-refractivity contribution in [3.8, 4) is 0 Å². The van der Waals surface area contributed by atoms with Gasteiger partial charge in [-0.05, 0) is 36.7 Å². The van der Waals surface area contributed by atoms with Crippen molar-refractivity contribution in [2.45, 2.75) is 44.8 Å². The molecule has 0 aliphatic heterocycles. The van der Waals surface area contributed by atoms with Crippen LogP contribution in [0.25, 0.3) is 0 Å². The summed E-state index contributed by atoms with van der Waals surface area (Å²) in [5.74, 6) is 0.764. The molecule has 0 saturated heterocycles. The van der Waals surface area contributed by atoms with Crippen LogP contribution in [0.15, 0.2) is 43.0 Å². The Morgan fingerprint density at radius 1 is 1.20 bits per heavy atom. The fraction of sp³-hybridized carbons (Fsp3) is 0.556. The predicted molar refractivity (Wildman–Crippen MR) is 82.4 cm³/mol. The fourth-order valence-electron chi connectivity index (χ4n) is 3.15.